The molecule has 1 N–H and O–H groups in total. The number of benzene rings is 2. The molecule has 152 valence electrons. The second-order valence-corrected chi connectivity index (χ2v) is 10.3. The van der Waals surface area contributed by atoms with Crippen LogP contribution in [0.25, 0.3) is 0 Å². The van der Waals surface area contributed by atoms with Gasteiger partial charge in [0.15, 0.2) is 0 Å². The van der Waals surface area contributed by atoms with Crippen molar-refractivity contribution in [3.8, 4) is 0 Å². The molecule has 2 aromatic rings. The monoisotopic (exact) mass is 460 g/mol. The van der Waals surface area contributed by atoms with Crippen molar-refractivity contribution >= 4 is 50.5 Å². The number of hydrogen-bond acceptors (Lipinski definition) is 3. The SMILES string of the molecule is CS(=O)(=O)NCC[C@@H]1CC[C@@H](c2ccc(Cl)cc2Cl)N(c2ccc(Cl)cc2)C1. The number of hydrogen-bond donors (Lipinski definition) is 1. The first-order valence-electron chi connectivity index (χ1n) is 9.15. The number of nitrogens with one attached hydrogen (secondary N) is 1. The molecule has 0 aromatic heterocycles. The number of nitrogens with zero attached hydrogens (tertiary/aromatic N) is 1. The van der Waals surface area contributed by atoms with Crippen molar-refractivity contribution in [2.24, 2.45) is 5.92 Å². The van der Waals surface area contributed by atoms with Crippen molar-refractivity contribution in [1.82, 2.24) is 4.72 Å². The van der Waals surface area contributed by atoms with Crippen molar-refractivity contribution < 1.29 is 8.42 Å². The molecule has 1 aliphatic rings. The summed E-state index contributed by atoms with van der Waals surface area (Å²) < 4.78 is 25.3. The summed E-state index contributed by atoms with van der Waals surface area (Å²) in [5, 5.41) is 1.97. The highest BCUT2D eigenvalue weighted by atomic mass is 35.5. The van der Waals surface area contributed by atoms with Gasteiger partial charge in [0.25, 0.3) is 0 Å². The standard InChI is InChI=1S/C20H23Cl3N2O2S/c1-28(26,27)24-11-10-14-2-9-20(18-8-5-16(22)12-19(18)23)25(13-14)17-6-3-15(21)4-7-17/h3-8,12,14,20,24H,2,9-11,13H2,1H3/t14-,20-/m0/s1. The minimum absolute atomic E-state index is 0.130. The van der Waals surface area contributed by atoms with Crippen LogP contribution in [-0.2, 0) is 10.0 Å². The summed E-state index contributed by atoms with van der Waals surface area (Å²) in [6.07, 6.45) is 3.90. The smallest absolute Gasteiger partial charge is 0.208 e. The highest BCUT2D eigenvalue weighted by Crippen LogP contribution is 2.41. The maximum atomic E-state index is 11.3. The lowest BCUT2D eigenvalue weighted by atomic mass is 9.86. The summed E-state index contributed by atoms with van der Waals surface area (Å²) in [4.78, 5) is 2.33. The van der Waals surface area contributed by atoms with Gasteiger partial charge in [-0.15, -0.1) is 0 Å². The van der Waals surface area contributed by atoms with Crippen LogP contribution in [0.4, 0.5) is 5.69 Å². The fraction of sp³-hybridized carbons (Fsp3) is 0.400. The molecule has 1 aliphatic heterocycles. The normalized spacial score (nSPS) is 20.4. The van der Waals surface area contributed by atoms with Crippen molar-refractivity contribution in [2.45, 2.75) is 25.3 Å². The molecular weight excluding hydrogens is 439 g/mol. The lowest BCUT2D eigenvalue weighted by Crippen LogP contribution is -2.39. The molecule has 3 rings (SSSR count). The van der Waals surface area contributed by atoms with Gasteiger partial charge in [0.1, 0.15) is 0 Å². The first-order valence-corrected chi connectivity index (χ1v) is 12.2. The Bertz CT molecular complexity index is 920. The summed E-state index contributed by atoms with van der Waals surface area (Å²) in [5.74, 6) is 0.382. The lowest BCUT2D eigenvalue weighted by molar-refractivity contribution is 0.343. The van der Waals surface area contributed by atoms with Crippen LogP contribution in [0.15, 0.2) is 42.5 Å². The molecule has 0 spiro atoms. The zero-order valence-electron chi connectivity index (χ0n) is 15.5. The molecule has 8 heteroatoms. The van der Waals surface area contributed by atoms with Crippen LogP contribution in [0, 0.1) is 5.92 Å². The summed E-state index contributed by atoms with van der Waals surface area (Å²) in [6.45, 7) is 1.26. The molecule has 0 aliphatic carbocycles. The van der Waals surface area contributed by atoms with E-state index in [1.807, 2.05) is 36.4 Å². The van der Waals surface area contributed by atoms with Crippen LogP contribution in [0.5, 0.6) is 0 Å². The number of rotatable bonds is 6. The van der Waals surface area contributed by atoms with E-state index >= 15 is 0 Å². The van der Waals surface area contributed by atoms with E-state index in [9.17, 15) is 8.42 Å². The maximum absolute atomic E-state index is 11.3. The molecule has 2 aromatic carbocycles. The van der Waals surface area contributed by atoms with Gasteiger partial charge in [-0.2, -0.15) is 0 Å². The Morgan fingerprint density at radius 3 is 2.36 bits per heavy atom. The fourth-order valence-electron chi connectivity index (χ4n) is 3.74. The topological polar surface area (TPSA) is 49.4 Å². The minimum Gasteiger partial charge on any atom is -0.364 e. The summed E-state index contributed by atoms with van der Waals surface area (Å²) >= 11 is 18.6. The van der Waals surface area contributed by atoms with Gasteiger partial charge in [-0.3, -0.25) is 0 Å². The molecule has 0 saturated carbocycles. The third-order valence-electron chi connectivity index (χ3n) is 5.08. The third kappa shape index (κ3) is 5.77. The Balaban J connectivity index is 1.82. The molecule has 0 unspecified atom stereocenters. The van der Waals surface area contributed by atoms with E-state index in [2.05, 4.69) is 9.62 Å². The van der Waals surface area contributed by atoms with Crippen LogP contribution in [-0.4, -0.2) is 27.8 Å². The molecular formula is C20H23Cl3N2O2S. The van der Waals surface area contributed by atoms with Gasteiger partial charge in [0, 0.05) is 33.8 Å². The minimum atomic E-state index is -3.17. The summed E-state index contributed by atoms with van der Waals surface area (Å²) in [5.41, 5.74) is 2.12. The van der Waals surface area contributed by atoms with Crippen molar-refractivity contribution in [3.63, 3.8) is 0 Å². The van der Waals surface area contributed by atoms with Gasteiger partial charge in [0.05, 0.1) is 12.3 Å². The van der Waals surface area contributed by atoms with E-state index in [1.165, 1.54) is 6.26 Å². The maximum Gasteiger partial charge on any atom is 0.208 e. The molecule has 1 heterocycles. The zero-order chi connectivity index (χ0) is 20.3. The van der Waals surface area contributed by atoms with Crippen molar-refractivity contribution in [3.05, 3.63) is 63.1 Å². The zero-order valence-corrected chi connectivity index (χ0v) is 18.6. The van der Waals surface area contributed by atoms with Gasteiger partial charge >= 0.3 is 0 Å². The Morgan fingerprint density at radius 2 is 1.71 bits per heavy atom. The van der Waals surface area contributed by atoms with E-state index in [0.29, 0.717) is 27.5 Å². The first-order chi connectivity index (χ1) is 13.2. The van der Waals surface area contributed by atoms with Gasteiger partial charge < -0.3 is 4.90 Å². The molecule has 1 saturated heterocycles. The number of halogens is 3. The fourth-order valence-corrected chi connectivity index (χ4v) is 4.89. The highest BCUT2D eigenvalue weighted by molar-refractivity contribution is 7.88. The van der Waals surface area contributed by atoms with Crippen LogP contribution < -0.4 is 9.62 Å². The van der Waals surface area contributed by atoms with Gasteiger partial charge in [-0.05, 0) is 67.1 Å². The molecule has 2 atom stereocenters. The lowest BCUT2D eigenvalue weighted by Gasteiger charge is -2.42. The van der Waals surface area contributed by atoms with Crippen LogP contribution in [0.2, 0.25) is 15.1 Å². The van der Waals surface area contributed by atoms with E-state index in [4.69, 9.17) is 34.8 Å². The van der Waals surface area contributed by atoms with E-state index in [1.54, 1.807) is 6.07 Å². The van der Waals surface area contributed by atoms with Gasteiger partial charge in [-0.1, -0.05) is 40.9 Å². The second kappa shape index (κ2) is 9.23. The van der Waals surface area contributed by atoms with Crippen LogP contribution >= 0.6 is 34.8 Å². The number of piperidine rings is 1. The summed E-state index contributed by atoms with van der Waals surface area (Å²) in [7, 11) is -3.17. The average Bonchev–Trinajstić information content (AvgIpc) is 2.62. The molecule has 0 bridgehead atoms. The molecule has 0 radical (unpaired) electrons. The van der Waals surface area contributed by atoms with Gasteiger partial charge in [-0.25, -0.2) is 13.1 Å². The quantitative estimate of drug-likeness (QED) is 0.614. The molecule has 1 fully saturated rings. The average molecular weight is 462 g/mol. The van der Waals surface area contributed by atoms with E-state index < -0.39 is 10.0 Å². The highest BCUT2D eigenvalue weighted by Gasteiger charge is 2.30. The van der Waals surface area contributed by atoms with Crippen molar-refractivity contribution in [1.29, 1.82) is 0 Å². The largest absolute Gasteiger partial charge is 0.364 e. The van der Waals surface area contributed by atoms with Gasteiger partial charge in [0.2, 0.25) is 10.0 Å². The third-order valence-corrected chi connectivity index (χ3v) is 6.62. The molecule has 4 nitrogen and oxygen atoms in total. The van der Waals surface area contributed by atoms with Crippen molar-refractivity contribution in [2.75, 3.05) is 24.2 Å². The predicted octanol–water partition coefficient (Wildman–Crippen LogP) is 5.54. The summed E-state index contributed by atoms with van der Waals surface area (Å²) in [6, 6.07) is 13.5. The number of sulfonamides is 1. The van der Waals surface area contributed by atoms with E-state index in [0.717, 1.165) is 37.1 Å². The first kappa shape index (κ1) is 21.7. The predicted molar refractivity (Wildman–Crippen MR) is 118 cm³/mol. The Morgan fingerprint density at radius 1 is 1.04 bits per heavy atom. The Kier molecular flexibility index (Phi) is 7.16. The second-order valence-electron chi connectivity index (χ2n) is 7.21. The van der Waals surface area contributed by atoms with Crippen LogP contribution in [0.3, 0.4) is 0 Å². The number of anilines is 1. The molecule has 0 amide bonds. The Labute approximate surface area is 181 Å². The molecule has 28 heavy (non-hydrogen) atoms. The Hall–Kier alpha value is -0.980. The van der Waals surface area contributed by atoms with E-state index in [-0.39, 0.29) is 6.04 Å². The van der Waals surface area contributed by atoms with Crippen LogP contribution in [0.1, 0.15) is 30.9 Å².